The summed E-state index contributed by atoms with van der Waals surface area (Å²) in [6, 6.07) is 12.0. The molecule has 2 heterocycles. The Labute approximate surface area is 137 Å². The highest BCUT2D eigenvalue weighted by Crippen LogP contribution is 2.31. The van der Waals surface area contributed by atoms with Gasteiger partial charge in [-0.1, -0.05) is 18.2 Å². The Kier molecular flexibility index (Phi) is 4.64. The fourth-order valence-corrected chi connectivity index (χ4v) is 3.30. The second kappa shape index (κ2) is 6.69. The number of ether oxygens (including phenoxy) is 1. The SMILES string of the molecule is CC(C)(O)C1CCCN1Cc1ccccc1Oc1cccnc1. The summed E-state index contributed by atoms with van der Waals surface area (Å²) in [7, 11) is 0. The van der Waals surface area contributed by atoms with Crippen molar-refractivity contribution in [3.63, 3.8) is 0 Å². The van der Waals surface area contributed by atoms with Crippen molar-refractivity contribution in [2.45, 2.75) is 44.9 Å². The maximum atomic E-state index is 10.4. The van der Waals surface area contributed by atoms with Gasteiger partial charge < -0.3 is 9.84 Å². The van der Waals surface area contributed by atoms with Crippen molar-refractivity contribution in [3.05, 3.63) is 54.4 Å². The van der Waals surface area contributed by atoms with Crippen molar-refractivity contribution in [3.8, 4) is 11.5 Å². The minimum absolute atomic E-state index is 0.189. The number of aliphatic hydroxyl groups is 1. The third-order valence-electron chi connectivity index (χ3n) is 4.39. The van der Waals surface area contributed by atoms with Gasteiger partial charge in [0.15, 0.2) is 0 Å². The smallest absolute Gasteiger partial charge is 0.145 e. The van der Waals surface area contributed by atoms with Crippen LogP contribution in [0.5, 0.6) is 11.5 Å². The molecule has 1 saturated heterocycles. The van der Waals surface area contributed by atoms with E-state index in [1.165, 1.54) is 0 Å². The fourth-order valence-electron chi connectivity index (χ4n) is 3.30. The van der Waals surface area contributed by atoms with Gasteiger partial charge in [-0.15, -0.1) is 0 Å². The van der Waals surface area contributed by atoms with Crippen LogP contribution in [0.2, 0.25) is 0 Å². The van der Waals surface area contributed by atoms with E-state index in [9.17, 15) is 5.11 Å². The molecule has 0 aliphatic carbocycles. The third-order valence-corrected chi connectivity index (χ3v) is 4.39. The number of nitrogens with zero attached hydrogens (tertiary/aromatic N) is 2. The van der Waals surface area contributed by atoms with Crippen molar-refractivity contribution in [1.82, 2.24) is 9.88 Å². The Hall–Kier alpha value is -1.91. The summed E-state index contributed by atoms with van der Waals surface area (Å²) < 4.78 is 5.99. The van der Waals surface area contributed by atoms with E-state index in [2.05, 4.69) is 16.0 Å². The molecule has 1 aliphatic rings. The van der Waals surface area contributed by atoms with Crippen LogP contribution in [0, 0.1) is 0 Å². The first-order valence-corrected chi connectivity index (χ1v) is 8.16. The van der Waals surface area contributed by atoms with Crippen LogP contribution in [-0.2, 0) is 6.54 Å². The number of pyridine rings is 1. The summed E-state index contributed by atoms with van der Waals surface area (Å²) in [6.07, 6.45) is 5.61. The number of hydrogen-bond donors (Lipinski definition) is 1. The molecule has 1 aromatic heterocycles. The lowest BCUT2D eigenvalue weighted by molar-refractivity contribution is -0.00517. The Morgan fingerprint density at radius 3 is 2.83 bits per heavy atom. The van der Waals surface area contributed by atoms with E-state index in [0.29, 0.717) is 0 Å². The van der Waals surface area contributed by atoms with E-state index in [1.54, 1.807) is 12.4 Å². The van der Waals surface area contributed by atoms with Gasteiger partial charge in [-0.25, -0.2) is 0 Å². The average molecular weight is 312 g/mol. The molecular weight excluding hydrogens is 288 g/mol. The third kappa shape index (κ3) is 3.89. The predicted octanol–water partition coefficient (Wildman–Crippen LogP) is 3.61. The van der Waals surface area contributed by atoms with Crippen LogP contribution in [0.3, 0.4) is 0 Å². The van der Waals surface area contributed by atoms with Crippen LogP contribution < -0.4 is 4.74 Å². The largest absolute Gasteiger partial charge is 0.455 e. The molecule has 0 amide bonds. The zero-order chi connectivity index (χ0) is 16.3. The summed E-state index contributed by atoms with van der Waals surface area (Å²) in [6.45, 7) is 5.59. The molecule has 1 aromatic carbocycles. The first kappa shape index (κ1) is 16.0. The van der Waals surface area contributed by atoms with Gasteiger partial charge in [-0.05, 0) is 51.4 Å². The number of hydrogen-bond acceptors (Lipinski definition) is 4. The van der Waals surface area contributed by atoms with Crippen LogP contribution in [0.1, 0.15) is 32.3 Å². The maximum absolute atomic E-state index is 10.4. The monoisotopic (exact) mass is 312 g/mol. The van der Waals surface area contributed by atoms with E-state index in [0.717, 1.165) is 43.0 Å². The van der Waals surface area contributed by atoms with E-state index < -0.39 is 5.60 Å². The molecule has 0 radical (unpaired) electrons. The van der Waals surface area contributed by atoms with Gasteiger partial charge in [-0.3, -0.25) is 9.88 Å². The Morgan fingerprint density at radius 2 is 2.09 bits per heavy atom. The van der Waals surface area contributed by atoms with Gasteiger partial charge in [-0.2, -0.15) is 0 Å². The summed E-state index contributed by atoms with van der Waals surface area (Å²) >= 11 is 0. The topological polar surface area (TPSA) is 45.6 Å². The zero-order valence-corrected chi connectivity index (χ0v) is 13.8. The first-order chi connectivity index (χ1) is 11.0. The molecule has 4 heteroatoms. The number of aromatic nitrogens is 1. The number of benzene rings is 1. The normalized spacial score (nSPS) is 19.0. The Morgan fingerprint density at radius 1 is 1.26 bits per heavy atom. The molecule has 1 atom stereocenters. The van der Waals surface area contributed by atoms with Crippen LogP contribution in [0.25, 0.3) is 0 Å². The van der Waals surface area contributed by atoms with Gasteiger partial charge in [0, 0.05) is 24.3 Å². The van der Waals surface area contributed by atoms with Crippen molar-refractivity contribution < 1.29 is 9.84 Å². The number of likely N-dealkylation sites (tertiary alicyclic amines) is 1. The van der Waals surface area contributed by atoms with Crippen molar-refractivity contribution in [1.29, 1.82) is 0 Å². The second-order valence-electron chi connectivity index (χ2n) is 6.68. The van der Waals surface area contributed by atoms with Gasteiger partial charge in [0.25, 0.3) is 0 Å². The molecule has 1 unspecified atom stereocenters. The molecule has 1 fully saturated rings. The molecule has 23 heavy (non-hydrogen) atoms. The molecule has 1 aliphatic heterocycles. The summed E-state index contributed by atoms with van der Waals surface area (Å²) in [5.74, 6) is 1.59. The zero-order valence-electron chi connectivity index (χ0n) is 13.8. The summed E-state index contributed by atoms with van der Waals surface area (Å²) in [5, 5.41) is 10.4. The molecule has 4 nitrogen and oxygen atoms in total. The Balaban J connectivity index is 1.78. The molecule has 0 saturated carbocycles. The first-order valence-electron chi connectivity index (χ1n) is 8.16. The molecule has 2 aromatic rings. The van der Waals surface area contributed by atoms with E-state index >= 15 is 0 Å². The van der Waals surface area contributed by atoms with Gasteiger partial charge in [0.2, 0.25) is 0 Å². The average Bonchev–Trinajstić information content (AvgIpc) is 2.99. The van der Waals surface area contributed by atoms with Crippen LogP contribution in [-0.4, -0.2) is 33.2 Å². The highest BCUT2D eigenvalue weighted by Gasteiger charge is 2.35. The van der Waals surface area contributed by atoms with Crippen LogP contribution >= 0.6 is 0 Å². The Bertz CT molecular complexity index is 637. The lowest BCUT2D eigenvalue weighted by atomic mass is 9.96. The lowest BCUT2D eigenvalue weighted by Gasteiger charge is -2.34. The predicted molar refractivity (Wildman–Crippen MR) is 90.5 cm³/mol. The number of rotatable bonds is 5. The van der Waals surface area contributed by atoms with Crippen molar-refractivity contribution >= 4 is 0 Å². The van der Waals surface area contributed by atoms with Crippen molar-refractivity contribution in [2.75, 3.05) is 6.54 Å². The maximum Gasteiger partial charge on any atom is 0.145 e. The van der Waals surface area contributed by atoms with Gasteiger partial charge in [0.1, 0.15) is 11.5 Å². The molecule has 3 rings (SSSR count). The second-order valence-corrected chi connectivity index (χ2v) is 6.68. The van der Waals surface area contributed by atoms with Gasteiger partial charge >= 0.3 is 0 Å². The van der Waals surface area contributed by atoms with E-state index in [-0.39, 0.29) is 6.04 Å². The summed E-state index contributed by atoms with van der Waals surface area (Å²) in [4.78, 5) is 6.44. The van der Waals surface area contributed by atoms with E-state index in [1.807, 2.05) is 44.2 Å². The molecule has 0 bridgehead atoms. The molecular formula is C19H24N2O2. The minimum Gasteiger partial charge on any atom is -0.455 e. The van der Waals surface area contributed by atoms with Gasteiger partial charge in [0.05, 0.1) is 11.8 Å². The standard InChI is InChI=1S/C19H24N2O2/c1-19(2,22)18-10-6-12-21(18)14-15-7-3-4-9-17(15)23-16-8-5-11-20-13-16/h3-5,7-9,11,13,18,22H,6,10,12,14H2,1-2H3. The van der Waals surface area contributed by atoms with Crippen LogP contribution in [0.4, 0.5) is 0 Å². The minimum atomic E-state index is -0.685. The highest BCUT2D eigenvalue weighted by atomic mass is 16.5. The molecule has 1 N–H and O–H groups in total. The number of para-hydroxylation sites is 1. The fraction of sp³-hybridized carbons (Fsp3) is 0.421. The summed E-state index contributed by atoms with van der Waals surface area (Å²) in [5.41, 5.74) is 0.447. The van der Waals surface area contributed by atoms with E-state index in [4.69, 9.17) is 4.74 Å². The molecule has 122 valence electrons. The molecule has 0 spiro atoms. The van der Waals surface area contributed by atoms with Crippen LogP contribution in [0.15, 0.2) is 48.8 Å². The van der Waals surface area contributed by atoms with Crippen molar-refractivity contribution in [2.24, 2.45) is 0 Å². The lowest BCUT2D eigenvalue weighted by Crippen LogP contribution is -2.45. The highest BCUT2D eigenvalue weighted by molar-refractivity contribution is 5.37. The quantitative estimate of drug-likeness (QED) is 0.916.